The number of carbonyl (C=O) groups excluding carboxylic acids is 2. The number of hydrogen-bond acceptors (Lipinski definition) is 6. The van der Waals surface area contributed by atoms with Gasteiger partial charge < -0.3 is 30.7 Å². The number of carbonyl (C=O) groups is 2. The van der Waals surface area contributed by atoms with Crippen LogP contribution in [0.15, 0.2) is 42.5 Å². The molecule has 2 aromatic carbocycles. The molecule has 5 N–H and O–H groups in total. The summed E-state index contributed by atoms with van der Waals surface area (Å²) < 4.78 is 5.27. The second-order valence-corrected chi connectivity index (χ2v) is 7.81. The van der Waals surface area contributed by atoms with Crippen LogP contribution in [0.3, 0.4) is 0 Å². The van der Waals surface area contributed by atoms with E-state index in [0.717, 1.165) is 22.4 Å². The second kappa shape index (κ2) is 12.2. The van der Waals surface area contributed by atoms with Crippen LogP contribution in [0.5, 0.6) is 5.75 Å². The summed E-state index contributed by atoms with van der Waals surface area (Å²) in [6, 6.07) is 13.0. The van der Waals surface area contributed by atoms with Crippen molar-refractivity contribution in [1.82, 2.24) is 10.2 Å². The van der Waals surface area contributed by atoms with Crippen molar-refractivity contribution >= 4 is 18.9 Å². The molecular formula is C23H32BN3O5. The van der Waals surface area contributed by atoms with Gasteiger partial charge in [-0.25, -0.2) is 0 Å². The first-order chi connectivity index (χ1) is 15.2. The Labute approximate surface area is 189 Å². The average molecular weight is 441 g/mol. The normalized spacial score (nSPS) is 11.6. The predicted octanol–water partition coefficient (Wildman–Crippen LogP) is 1.37. The number of aryl methyl sites for hydroxylation is 1. The van der Waals surface area contributed by atoms with Crippen molar-refractivity contribution in [3.63, 3.8) is 0 Å². The van der Waals surface area contributed by atoms with Crippen LogP contribution in [0.25, 0.3) is 11.1 Å². The fourth-order valence-corrected chi connectivity index (χ4v) is 3.40. The average Bonchev–Trinajstić information content (AvgIpc) is 2.77. The molecule has 172 valence electrons. The van der Waals surface area contributed by atoms with Crippen molar-refractivity contribution in [2.75, 3.05) is 27.2 Å². The Kier molecular flexibility index (Phi) is 9.71. The lowest BCUT2D eigenvalue weighted by Crippen LogP contribution is -2.39. The van der Waals surface area contributed by atoms with Gasteiger partial charge in [-0.15, -0.1) is 0 Å². The molecule has 1 unspecified atom stereocenters. The van der Waals surface area contributed by atoms with Gasteiger partial charge in [0.25, 0.3) is 5.91 Å². The maximum Gasteiger partial charge on any atom is 0.469 e. The van der Waals surface area contributed by atoms with Crippen molar-refractivity contribution < 1.29 is 24.4 Å². The fraction of sp³-hybridized carbons (Fsp3) is 0.391. The van der Waals surface area contributed by atoms with Gasteiger partial charge in [0.05, 0.1) is 13.7 Å². The molecule has 0 heterocycles. The van der Waals surface area contributed by atoms with Crippen LogP contribution >= 0.6 is 0 Å². The maximum atomic E-state index is 13.1. The molecule has 0 aliphatic carbocycles. The van der Waals surface area contributed by atoms with E-state index < -0.39 is 13.1 Å². The Morgan fingerprint density at radius 3 is 2.53 bits per heavy atom. The Morgan fingerprint density at radius 2 is 1.88 bits per heavy atom. The number of nitrogens with two attached hydrogens (primary N) is 1. The van der Waals surface area contributed by atoms with E-state index >= 15 is 0 Å². The Hall–Kier alpha value is -2.88. The molecule has 0 bridgehead atoms. The van der Waals surface area contributed by atoms with Gasteiger partial charge in [-0.1, -0.05) is 30.7 Å². The van der Waals surface area contributed by atoms with E-state index in [0.29, 0.717) is 31.4 Å². The third kappa shape index (κ3) is 7.08. The van der Waals surface area contributed by atoms with Crippen LogP contribution in [0, 0.1) is 6.92 Å². The number of unbranched alkanes of at least 4 members (excludes halogenated alkanes) is 1. The first kappa shape index (κ1) is 25.4. The molecule has 2 rings (SSSR count). The first-order valence-corrected chi connectivity index (χ1v) is 10.6. The van der Waals surface area contributed by atoms with E-state index in [1.807, 2.05) is 37.3 Å². The molecule has 32 heavy (non-hydrogen) atoms. The summed E-state index contributed by atoms with van der Waals surface area (Å²) >= 11 is 0. The van der Waals surface area contributed by atoms with Crippen LogP contribution < -0.4 is 15.8 Å². The summed E-state index contributed by atoms with van der Waals surface area (Å²) in [5, 5.41) is 20.7. The molecule has 0 aliphatic heterocycles. The number of amides is 2. The van der Waals surface area contributed by atoms with Crippen molar-refractivity contribution in [3.8, 4) is 16.9 Å². The zero-order valence-electron chi connectivity index (χ0n) is 18.9. The van der Waals surface area contributed by atoms with E-state index in [9.17, 15) is 9.59 Å². The van der Waals surface area contributed by atoms with Crippen LogP contribution in [-0.2, 0) is 4.79 Å². The monoisotopic (exact) mass is 441 g/mol. The standard InChI is InChI=1S/C23H32BN3O5/c1-16-14-17(32-3)11-12-18(16)19-8-4-5-9-20(19)23(29)27(2)15-22(28)26-13-7-6-10-21(25)24(30)31/h4-5,8-9,11-12,14,21,30-31H,6-7,10,13,15,25H2,1-3H3,(H,26,28). The lowest BCUT2D eigenvalue weighted by molar-refractivity contribution is -0.121. The largest absolute Gasteiger partial charge is 0.497 e. The molecule has 0 saturated carbocycles. The highest BCUT2D eigenvalue weighted by molar-refractivity contribution is 6.43. The predicted molar refractivity (Wildman–Crippen MR) is 125 cm³/mol. The highest BCUT2D eigenvalue weighted by atomic mass is 16.5. The quantitative estimate of drug-likeness (QED) is 0.308. The minimum atomic E-state index is -1.53. The molecule has 2 aromatic rings. The Balaban J connectivity index is 1.96. The summed E-state index contributed by atoms with van der Waals surface area (Å²) in [5.41, 5.74) is 8.79. The number of nitrogens with zero attached hydrogens (tertiary/aromatic N) is 1. The SMILES string of the molecule is COc1ccc(-c2ccccc2C(=O)N(C)CC(=O)NCCCCC(N)B(O)O)c(C)c1. The molecule has 0 radical (unpaired) electrons. The highest BCUT2D eigenvalue weighted by Gasteiger charge is 2.20. The Bertz CT molecular complexity index is 922. The first-order valence-electron chi connectivity index (χ1n) is 10.6. The zero-order valence-corrected chi connectivity index (χ0v) is 18.9. The van der Waals surface area contributed by atoms with E-state index in [2.05, 4.69) is 5.32 Å². The zero-order chi connectivity index (χ0) is 23.7. The van der Waals surface area contributed by atoms with Crippen molar-refractivity contribution in [2.45, 2.75) is 32.1 Å². The van der Waals surface area contributed by atoms with E-state index in [1.165, 1.54) is 4.90 Å². The number of benzene rings is 2. The minimum absolute atomic E-state index is 0.0658. The fourth-order valence-electron chi connectivity index (χ4n) is 3.40. The van der Waals surface area contributed by atoms with Crippen molar-refractivity contribution in [3.05, 3.63) is 53.6 Å². The van der Waals surface area contributed by atoms with Gasteiger partial charge >= 0.3 is 7.12 Å². The molecule has 2 amide bonds. The molecule has 0 aliphatic rings. The lowest BCUT2D eigenvalue weighted by atomic mass is 9.77. The van der Waals surface area contributed by atoms with Crippen molar-refractivity contribution in [1.29, 1.82) is 0 Å². The molecule has 8 nitrogen and oxygen atoms in total. The topological polar surface area (TPSA) is 125 Å². The molecule has 0 aromatic heterocycles. The number of nitrogens with one attached hydrogen (secondary N) is 1. The maximum absolute atomic E-state index is 13.1. The van der Waals surface area contributed by atoms with Crippen molar-refractivity contribution in [2.24, 2.45) is 5.73 Å². The van der Waals surface area contributed by atoms with E-state index in [-0.39, 0.29) is 18.4 Å². The molecule has 0 fully saturated rings. The summed E-state index contributed by atoms with van der Waals surface area (Å²) in [4.78, 5) is 26.7. The van der Waals surface area contributed by atoms with Gasteiger partial charge in [-0.2, -0.15) is 0 Å². The van der Waals surface area contributed by atoms with Crippen LogP contribution in [0.4, 0.5) is 0 Å². The van der Waals surface area contributed by atoms with Gasteiger partial charge in [-0.05, 0) is 54.7 Å². The van der Waals surface area contributed by atoms with E-state index in [4.69, 9.17) is 20.5 Å². The molecular weight excluding hydrogens is 409 g/mol. The van der Waals surface area contributed by atoms with E-state index in [1.54, 1.807) is 26.3 Å². The Morgan fingerprint density at radius 1 is 1.16 bits per heavy atom. The number of ether oxygens (including phenoxy) is 1. The molecule has 9 heteroatoms. The summed E-state index contributed by atoms with van der Waals surface area (Å²) in [7, 11) is 1.68. The van der Waals surface area contributed by atoms with Crippen LogP contribution in [0.1, 0.15) is 35.2 Å². The summed E-state index contributed by atoms with van der Waals surface area (Å²) in [6.45, 7) is 2.32. The number of hydrogen-bond donors (Lipinski definition) is 4. The smallest absolute Gasteiger partial charge is 0.469 e. The summed E-state index contributed by atoms with van der Waals surface area (Å²) in [5.74, 6) is -0.443. The second-order valence-electron chi connectivity index (χ2n) is 7.81. The van der Waals surface area contributed by atoms with Gasteiger partial charge in [0.2, 0.25) is 5.91 Å². The number of likely N-dealkylation sites (N-methyl/N-ethyl adjacent to an activating group) is 1. The van der Waals surface area contributed by atoms with Crippen LogP contribution in [0.2, 0.25) is 0 Å². The van der Waals surface area contributed by atoms with Gasteiger partial charge in [0.15, 0.2) is 0 Å². The molecule has 0 spiro atoms. The van der Waals surface area contributed by atoms with Gasteiger partial charge in [-0.3, -0.25) is 9.59 Å². The van der Waals surface area contributed by atoms with Gasteiger partial charge in [0, 0.05) is 25.1 Å². The third-order valence-corrected chi connectivity index (χ3v) is 5.28. The highest BCUT2D eigenvalue weighted by Crippen LogP contribution is 2.30. The van der Waals surface area contributed by atoms with Gasteiger partial charge in [0.1, 0.15) is 5.75 Å². The molecule has 0 saturated heterocycles. The molecule has 1 atom stereocenters. The minimum Gasteiger partial charge on any atom is -0.497 e. The third-order valence-electron chi connectivity index (χ3n) is 5.28. The number of methoxy groups -OCH3 is 1. The summed E-state index contributed by atoms with van der Waals surface area (Å²) in [6.07, 6.45) is 1.76. The number of rotatable bonds is 11. The van der Waals surface area contributed by atoms with Crippen LogP contribution in [-0.4, -0.2) is 67.1 Å². The lowest BCUT2D eigenvalue weighted by Gasteiger charge is -2.19.